The number of benzene rings is 3. The predicted molar refractivity (Wildman–Crippen MR) is 210 cm³/mol. The first-order valence-electron chi connectivity index (χ1n) is 19.1. The van der Waals surface area contributed by atoms with E-state index in [0.717, 1.165) is 53.5 Å². The van der Waals surface area contributed by atoms with Gasteiger partial charge in [0.25, 0.3) is 0 Å². The lowest BCUT2D eigenvalue weighted by molar-refractivity contribution is -0.244. The van der Waals surface area contributed by atoms with Gasteiger partial charge in [0, 0.05) is 23.0 Å². The second-order valence-electron chi connectivity index (χ2n) is 14.7. The molecule has 0 aromatic heterocycles. The summed E-state index contributed by atoms with van der Waals surface area (Å²) in [4.78, 5) is 12.0. The maximum absolute atomic E-state index is 12.0. The van der Waals surface area contributed by atoms with Crippen LogP contribution in [0.25, 0.3) is 11.1 Å². The average molecular weight is 729 g/mol. The van der Waals surface area contributed by atoms with Crippen molar-refractivity contribution in [1.82, 2.24) is 0 Å². The first-order valence-corrected chi connectivity index (χ1v) is 19.1. The monoisotopic (exact) mass is 728 g/mol. The van der Waals surface area contributed by atoms with Crippen LogP contribution in [0.5, 0.6) is 11.5 Å². The zero-order chi connectivity index (χ0) is 38.2. The molecular weight excluding hydrogens is 668 g/mol. The summed E-state index contributed by atoms with van der Waals surface area (Å²) in [6, 6.07) is 21.4. The van der Waals surface area contributed by atoms with Gasteiger partial charge in [0.05, 0.1) is 32.5 Å². The van der Waals surface area contributed by atoms with Crippen LogP contribution in [0.15, 0.2) is 85.0 Å². The molecule has 0 radical (unpaired) electrons. The Balaban J connectivity index is 1.53. The van der Waals surface area contributed by atoms with Crippen LogP contribution in [0, 0.1) is 5.41 Å². The molecule has 2 atom stereocenters. The van der Waals surface area contributed by atoms with Gasteiger partial charge in [-0.15, -0.1) is 0 Å². The predicted octanol–water partition coefficient (Wildman–Crippen LogP) is 8.38. The number of ether oxygens (including phenoxy) is 5. The van der Waals surface area contributed by atoms with Crippen LogP contribution in [-0.4, -0.2) is 68.2 Å². The van der Waals surface area contributed by atoms with Gasteiger partial charge < -0.3 is 33.9 Å². The van der Waals surface area contributed by atoms with Crippen molar-refractivity contribution in [1.29, 1.82) is 0 Å². The number of aliphatic hydroxyl groups excluding tert-OH is 2. The highest BCUT2D eigenvalue weighted by Crippen LogP contribution is 2.35. The van der Waals surface area contributed by atoms with E-state index < -0.39 is 11.4 Å². The Morgan fingerprint density at radius 3 is 2.13 bits per heavy atom. The summed E-state index contributed by atoms with van der Waals surface area (Å²) < 4.78 is 29.7. The van der Waals surface area contributed by atoms with Crippen LogP contribution >= 0.6 is 0 Å². The second-order valence-corrected chi connectivity index (χ2v) is 14.7. The first-order chi connectivity index (χ1) is 25.5. The van der Waals surface area contributed by atoms with Crippen LogP contribution < -0.4 is 9.47 Å². The number of esters is 1. The second kappa shape index (κ2) is 21.1. The number of carbonyl (C=O) groups excluding carboxylic acids is 1. The Labute approximate surface area is 316 Å². The minimum absolute atomic E-state index is 0.0427. The molecule has 0 spiro atoms. The molecule has 8 heteroatoms. The quantitative estimate of drug-likeness (QED) is 0.0411. The molecule has 0 bridgehead atoms. The molecule has 53 heavy (non-hydrogen) atoms. The van der Waals surface area contributed by atoms with E-state index in [2.05, 4.69) is 68.6 Å². The van der Waals surface area contributed by atoms with Crippen molar-refractivity contribution in [3.63, 3.8) is 0 Å². The zero-order valence-corrected chi connectivity index (χ0v) is 32.3. The summed E-state index contributed by atoms with van der Waals surface area (Å²) in [6.45, 7) is 16.1. The standard InChI is InChI=1S/C45H60O8/c1-7-8-9-10-34-11-13-35(14-12-34)15-16-36-17-19-39(42(27-36)50-25-26-52-44(48)33(4)5)37-18-20-40(49-24-22-45(6,30-46)31-47)38(28-37)21-23-51-43-29-41(53-43)32(2)3/h11-14,17-20,27-28,41,43,46-47H,2,4,7-10,15-16,21-26,29-31H2,1,3,5-6H3. The smallest absolute Gasteiger partial charge is 0.333 e. The molecule has 1 saturated heterocycles. The van der Waals surface area contributed by atoms with E-state index >= 15 is 0 Å². The van der Waals surface area contributed by atoms with Crippen molar-refractivity contribution in [3.05, 3.63) is 107 Å². The van der Waals surface area contributed by atoms with Crippen molar-refractivity contribution in [2.75, 3.05) is 39.6 Å². The molecule has 3 aromatic carbocycles. The maximum Gasteiger partial charge on any atom is 0.333 e. The van der Waals surface area contributed by atoms with Gasteiger partial charge in [-0.25, -0.2) is 4.79 Å². The molecule has 1 aliphatic heterocycles. The summed E-state index contributed by atoms with van der Waals surface area (Å²) in [5, 5.41) is 19.5. The molecule has 1 heterocycles. The molecular formula is C45H60O8. The number of carbonyl (C=O) groups is 1. The fourth-order valence-corrected chi connectivity index (χ4v) is 6.00. The number of hydrogen-bond donors (Lipinski definition) is 2. The number of unbranched alkanes of at least 4 members (excludes halogenated alkanes) is 2. The number of hydrogen-bond acceptors (Lipinski definition) is 8. The molecule has 0 amide bonds. The molecule has 0 saturated carbocycles. The van der Waals surface area contributed by atoms with Crippen LogP contribution in [0.4, 0.5) is 0 Å². The first kappa shape index (κ1) is 41.8. The Bertz CT molecular complexity index is 1620. The largest absolute Gasteiger partial charge is 0.493 e. The third-order valence-corrected chi connectivity index (χ3v) is 9.81. The third kappa shape index (κ3) is 13.1. The Hall–Kier alpha value is -3.95. The summed E-state index contributed by atoms with van der Waals surface area (Å²) in [7, 11) is 0. The topological polar surface area (TPSA) is 104 Å². The molecule has 8 nitrogen and oxygen atoms in total. The zero-order valence-electron chi connectivity index (χ0n) is 32.3. The van der Waals surface area contributed by atoms with E-state index in [1.807, 2.05) is 26.0 Å². The van der Waals surface area contributed by atoms with Gasteiger partial charge in [-0.1, -0.05) is 87.9 Å². The van der Waals surface area contributed by atoms with Gasteiger partial charge in [0.2, 0.25) is 0 Å². The van der Waals surface area contributed by atoms with Crippen LogP contribution in [-0.2, 0) is 44.7 Å². The third-order valence-electron chi connectivity index (χ3n) is 9.81. The van der Waals surface area contributed by atoms with Gasteiger partial charge in [-0.2, -0.15) is 0 Å². The minimum Gasteiger partial charge on any atom is -0.493 e. The highest BCUT2D eigenvalue weighted by atomic mass is 16.7. The lowest BCUT2D eigenvalue weighted by atomic mass is 9.89. The van der Waals surface area contributed by atoms with E-state index in [1.54, 1.807) is 6.92 Å². The van der Waals surface area contributed by atoms with Crippen molar-refractivity contribution in [2.45, 2.75) is 97.9 Å². The lowest BCUT2D eigenvalue weighted by Gasteiger charge is -2.36. The highest BCUT2D eigenvalue weighted by molar-refractivity contribution is 5.86. The van der Waals surface area contributed by atoms with E-state index in [4.69, 9.17) is 23.7 Å². The molecule has 2 N–H and O–H groups in total. The molecule has 3 aromatic rings. The highest BCUT2D eigenvalue weighted by Gasteiger charge is 2.31. The van der Waals surface area contributed by atoms with Gasteiger partial charge in [-0.3, -0.25) is 0 Å². The Morgan fingerprint density at radius 1 is 0.811 bits per heavy atom. The summed E-state index contributed by atoms with van der Waals surface area (Å²) in [5.74, 6) is 0.973. The molecule has 4 rings (SSSR count). The summed E-state index contributed by atoms with van der Waals surface area (Å²) >= 11 is 0. The minimum atomic E-state index is -0.630. The number of rotatable bonds is 24. The van der Waals surface area contributed by atoms with E-state index in [0.29, 0.717) is 43.1 Å². The number of aryl methyl sites for hydroxylation is 3. The SMILES string of the molecule is C=C(C)C(=O)OCCOc1cc(CCc2ccc(CCCCC)cc2)ccc1-c1ccc(OCCC(C)(CO)CO)c(CCOC2CC(C(=C)C)O2)c1. The Morgan fingerprint density at radius 2 is 1.47 bits per heavy atom. The average Bonchev–Trinajstić information content (AvgIpc) is 3.14. The van der Waals surface area contributed by atoms with E-state index in [-0.39, 0.29) is 38.8 Å². The molecule has 1 fully saturated rings. The van der Waals surface area contributed by atoms with Gasteiger partial charge in [0.1, 0.15) is 24.7 Å². The van der Waals surface area contributed by atoms with Gasteiger partial charge >= 0.3 is 5.97 Å². The van der Waals surface area contributed by atoms with Gasteiger partial charge in [0.15, 0.2) is 6.29 Å². The fraction of sp³-hybridized carbons (Fsp3) is 0.489. The molecule has 288 valence electrons. The van der Waals surface area contributed by atoms with Crippen molar-refractivity contribution in [2.24, 2.45) is 5.41 Å². The summed E-state index contributed by atoms with van der Waals surface area (Å²) in [5.41, 5.74) is 7.35. The molecule has 2 unspecified atom stereocenters. The Kier molecular flexibility index (Phi) is 16.6. The van der Waals surface area contributed by atoms with Crippen LogP contribution in [0.2, 0.25) is 0 Å². The normalized spacial score (nSPS) is 15.4. The van der Waals surface area contributed by atoms with Crippen molar-refractivity contribution < 1.29 is 38.7 Å². The lowest BCUT2D eigenvalue weighted by Crippen LogP contribution is -2.40. The molecule has 1 aliphatic rings. The number of aliphatic hydroxyl groups is 2. The maximum atomic E-state index is 12.0. The fourth-order valence-electron chi connectivity index (χ4n) is 6.00. The van der Waals surface area contributed by atoms with Crippen LogP contribution in [0.1, 0.15) is 82.1 Å². The van der Waals surface area contributed by atoms with Gasteiger partial charge in [-0.05, 0) is 98.4 Å². The summed E-state index contributed by atoms with van der Waals surface area (Å²) in [6.07, 6.45) is 8.24. The molecule has 0 aliphatic carbocycles. The van der Waals surface area contributed by atoms with Crippen molar-refractivity contribution >= 4 is 5.97 Å². The van der Waals surface area contributed by atoms with Crippen LogP contribution in [0.3, 0.4) is 0 Å². The van der Waals surface area contributed by atoms with E-state index in [9.17, 15) is 15.0 Å². The van der Waals surface area contributed by atoms with E-state index in [1.165, 1.54) is 30.4 Å². The van der Waals surface area contributed by atoms with Crippen molar-refractivity contribution in [3.8, 4) is 22.6 Å².